The highest BCUT2D eigenvalue weighted by atomic mass is 16.3. The summed E-state index contributed by atoms with van der Waals surface area (Å²) in [7, 11) is 1.97. The summed E-state index contributed by atoms with van der Waals surface area (Å²) in [5.41, 5.74) is 3.40. The third kappa shape index (κ3) is 2.59. The lowest BCUT2D eigenvalue weighted by Gasteiger charge is -1.97. The molecule has 1 N–H and O–H groups in total. The fraction of sp³-hybridized carbons (Fsp3) is 0.333. The van der Waals surface area contributed by atoms with Gasteiger partial charge in [0.25, 0.3) is 0 Å². The van der Waals surface area contributed by atoms with E-state index < -0.39 is 0 Å². The molecule has 1 aromatic heterocycles. The van der Waals surface area contributed by atoms with Gasteiger partial charge in [0.15, 0.2) is 0 Å². The third-order valence-electron chi connectivity index (χ3n) is 2.97. The number of rotatable bonds is 4. The predicted octanol–water partition coefficient (Wildman–Crippen LogP) is 3.75. The third-order valence-corrected chi connectivity index (χ3v) is 2.97. The Bertz CT molecular complexity index is 537. The summed E-state index contributed by atoms with van der Waals surface area (Å²) in [6, 6.07) is 8.36. The van der Waals surface area contributed by atoms with E-state index in [1.54, 1.807) is 0 Å². The summed E-state index contributed by atoms with van der Waals surface area (Å²) in [5, 5.41) is 4.32. The lowest BCUT2D eigenvalue weighted by molar-refractivity contribution is 0.596. The van der Waals surface area contributed by atoms with Crippen molar-refractivity contribution in [3.05, 3.63) is 41.7 Å². The molecule has 90 valence electrons. The molecule has 2 nitrogen and oxygen atoms in total. The van der Waals surface area contributed by atoms with Crippen molar-refractivity contribution in [1.82, 2.24) is 5.32 Å². The number of allylic oxidation sites excluding steroid dienone is 1. The number of hydrogen-bond donors (Lipinski definition) is 1. The second-order valence-electron chi connectivity index (χ2n) is 4.38. The summed E-state index contributed by atoms with van der Waals surface area (Å²) in [6.07, 6.45) is 3.24. The van der Waals surface area contributed by atoms with Gasteiger partial charge in [-0.2, -0.15) is 0 Å². The van der Waals surface area contributed by atoms with E-state index in [4.69, 9.17) is 4.42 Å². The monoisotopic (exact) mass is 229 g/mol. The number of benzene rings is 1. The van der Waals surface area contributed by atoms with Gasteiger partial charge < -0.3 is 9.73 Å². The second kappa shape index (κ2) is 5.19. The van der Waals surface area contributed by atoms with Gasteiger partial charge in [0.2, 0.25) is 0 Å². The van der Waals surface area contributed by atoms with Crippen molar-refractivity contribution >= 4 is 16.5 Å². The van der Waals surface area contributed by atoms with Crippen LogP contribution in [0.25, 0.3) is 16.5 Å². The number of furan rings is 1. The highest BCUT2D eigenvalue weighted by molar-refractivity contribution is 5.84. The highest BCUT2D eigenvalue weighted by Crippen LogP contribution is 2.26. The Morgan fingerprint density at radius 1 is 1.41 bits per heavy atom. The van der Waals surface area contributed by atoms with E-state index >= 15 is 0 Å². The first-order valence-corrected chi connectivity index (χ1v) is 6.03. The topological polar surface area (TPSA) is 25.2 Å². The molecule has 2 heteroatoms. The van der Waals surface area contributed by atoms with Crippen LogP contribution in [0.4, 0.5) is 0 Å². The first-order valence-electron chi connectivity index (χ1n) is 6.03. The predicted molar refractivity (Wildman–Crippen MR) is 73.1 cm³/mol. The van der Waals surface area contributed by atoms with Crippen molar-refractivity contribution in [2.24, 2.45) is 0 Å². The Morgan fingerprint density at radius 3 is 2.94 bits per heavy atom. The molecule has 0 bridgehead atoms. The van der Waals surface area contributed by atoms with E-state index in [1.165, 1.54) is 16.5 Å². The van der Waals surface area contributed by atoms with Gasteiger partial charge in [-0.15, -0.1) is 0 Å². The van der Waals surface area contributed by atoms with Gasteiger partial charge in [-0.25, -0.2) is 0 Å². The lowest BCUT2D eigenvalue weighted by atomic mass is 10.1. The minimum atomic E-state index is 0.977. The number of hydrogen-bond acceptors (Lipinski definition) is 2. The summed E-state index contributed by atoms with van der Waals surface area (Å²) in [6.45, 7) is 5.18. The minimum absolute atomic E-state index is 0.977. The van der Waals surface area contributed by atoms with E-state index in [2.05, 4.69) is 49.5 Å². The molecule has 0 aliphatic heterocycles. The van der Waals surface area contributed by atoms with Crippen LogP contribution in [0.3, 0.4) is 0 Å². The molecule has 0 aliphatic carbocycles. The van der Waals surface area contributed by atoms with Gasteiger partial charge in [0, 0.05) is 5.39 Å². The largest absolute Gasteiger partial charge is 0.456 e. The molecule has 0 fully saturated rings. The van der Waals surface area contributed by atoms with Crippen molar-refractivity contribution in [2.75, 3.05) is 13.6 Å². The second-order valence-corrected chi connectivity index (χ2v) is 4.38. The molecule has 2 rings (SSSR count). The van der Waals surface area contributed by atoms with Crippen LogP contribution in [0.2, 0.25) is 0 Å². The van der Waals surface area contributed by atoms with E-state index in [1.807, 2.05) is 7.05 Å². The van der Waals surface area contributed by atoms with Crippen molar-refractivity contribution in [3.8, 4) is 0 Å². The minimum Gasteiger partial charge on any atom is -0.456 e. The molecular weight excluding hydrogens is 210 g/mol. The Morgan fingerprint density at radius 2 is 2.24 bits per heavy atom. The van der Waals surface area contributed by atoms with Gasteiger partial charge in [0.1, 0.15) is 11.3 Å². The maximum Gasteiger partial charge on any atom is 0.137 e. The van der Waals surface area contributed by atoms with E-state index in [0.29, 0.717) is 0 Å². The number of para-hydroxylation sites is 1. The molecule has 2 aromatic rings. The molecule has 17 heavy (non-hydrogen) atoms. The van der Waals surface area contributed by atoms with Gasteiger partial charge in [-0.1, -0.05) is 24.3 Å². The fourth-order valence-corrected chi connectivity index (χ4v) is 1.94. The molecule has 0 saturated carbocycles. The first-order chi connectivity index (χ1) is 8.22. The van der Waals surface area contributed by atoms with Gasteiger partial charge in [0.05, 0.1) is 0 Å². The van der Waals surface area contributed by atoms with Crippen LogP contribution in [0.1, 0.15) is 24.7 Å². The van der Waals surface area contributed by atoms with E-state index in [9.17, 15) is 0 Å². The zero-order chi connectivity index (χ0) is 12.3. The van der Waals surface area contributed by atoms with Crippen LogP contribution in [0, 0.1) is 6.92 Å². The summed E-state index contributed by atoms with van der Waals surface area (Å²) >= 11 is 0. The van der Waals surface area contributed by atoms with Crippen LogP contribution >= 0.6 is 0 Å². The van der Waals surface area contributed by atoms with Gasteiger partial charge in [-0.05, 0) is 51.1 Å². The molecule has 0 atom stereocenters. The van der Waals surface area contributed by atoms with Crippen LogP contribution in [0.5, 0.6) is 0 Å². The maximum absolute atomic E-state index is 5.90. The van der Waals surface area contributed by atoms with Crippen LogP contribution in [-0.4, -0.2) is 13.6 Å². The Balaban J connectivity index is 2.30. The van der Waals surface area contributed by atoms with Crippen molar-refractivity contribution in [3.63, 3.8) is 0 Å². The number of nitrogens with one attached hydrogen (secondary N) is 1. The molecule has 1 heterocycles. The lowest BCUT2D eigenvalue weighted by Crippen LogP contribution is -2.05. The van der Waals surface area contributed by atoms with E-state index in [-0.39, 0.29) is 0 Å². The number of fused-ring (bicyclic) bond motifs is 1. The molecule has 0 amide bonds. The quantitative estimate of drug-likeness (QED) is 0.808. The van der Waals surface area contributed by atoms with Gasteiger partial charge in [-0.3, -0.25) is 0 Å². The average Bonchev–Trinajstić information content (AvgIpc) is 2.75. The van der Waals surface area contributed by atoms with Crippen molar-refractivity contribution in [2.45, 2.75) is 20.3 Å². The molecule has 0 aliphatic rings. The Kier molecular flexibility index (Phi) is 3.64. The average molecular weight is 229 g/mol. The van der Waals surface area contributed by atoms with Crippen molar-refractivity contribution < 1.29 is 4.42 Å². The van der Waals surface area contributed by atoms with Crippen LogP contribution < -0.4 is 5.32 Å². The SMILES string of the molecule is CNCC/C=C(/C)c1cc2cccc(C)c2o1. The summed E-state index contributed by atoms with van der Waals surface area (Å²) in [5.74, 6) is 0.977. The molecular formula is C15H19NO. The normalized spacial score (nSPS) is 12.3. The smallest absolute Gasteiger partial charge is 0.137 e. The van der Waals surface area contributed by atoms with Crippen LogP contribution in [-0.2, 0) is 0 Å². The summed E-state index contributed by atoms with van der Waals surface area (Å²) in [4.78, 5) is 0. The van der Waals surface area contributed by atoms with Crippen LogP contribution in [0.15, 0.2) is 34.8 Å². The zero-order valence-electron chi connectivity index (χ0n) is 10.7. The van der Waals surface area contributed by atoms with Gasteiger partial charge >= 0.3 is 0 Å². The Labute approximate surface area is 102 Å². The molecule has 0 spiro atoms. The first kappa shape index (κ1) is 11.9. The van der Waals surface area contributed by atoms with Crippen molar-refractivity contribution in [1.29, 1.82) is 0 Å². The highest BCUT2D eigenvalue weighted by Gasteiger charge is 2.06. The maximum atomic E-state index is 5.90. The molecule has 0 unspecified atom stereocenters. The summed E-state index contributed by atoms with van der Waals surface area (Å²) < 4.78 is 5.90. The van der Waals surface area contributed by atoms with E-state index in [0.717, 1.165) is 24.3 Å². The fourth-order valence-electron chi connectivity index (χ4n) is 1.94. The molecule has 0 radical (unpaired) electrons. The Hall–Kier alpha value is -1.54. The molecule has 1 aromatic carbocycles. The zero-order valence-corrected chi connectivity index (χ0v) is 10.7. The standard InChI is InChI=1S/C15H19NO/c1-11(7-5-9-16-3)14-10-13-8-4-6-12(2)15(13)17-14/h4,6-8,10,16H,5,9H2,1-3H3/b11-7-. The number of aryl methyl sites for hydroxylation is 1. The molecule has 0 saturated heterocycles.